The van der Waals surface area contributed by atoms with Crippen molar-refractivity contribution in [1.29, 1.82) is 0 Å². The number of hydrogen-bond acceptors (Lipinski definition) is 0. The maximum atomic E-state index is 3.91. The summed E-state index contributed by atoms with van der Waals surface area (Å²) in [4.78, 5) is 5.59. The van der Waals surface area contributed by atoms with E-state index in [9.17, 15) is 0 Å². The molecule has 0 radical (unpaired) electrons. The first-order valence-corrected chi connectivity index (χ1v) is 13.9. The Morgan fingerprint density at radius 1 is 0.441 bits per heavy atom. The maximum Gasteiger partial charge on any atom is 0.0265 e. The summed E-state index contributed by atoms with van der Waals surface area (Å²) >= 11 is 3.91. The minimum Gasteiger partial charge on any atom is -0.132 e. The normalized spacial score (nSPS) is 14.6. The van der Waals surface area contributed by atoms with Gasteiger partial charge in [0.2, 0.25) is 0 Å². The van der Waals surface area contributed by atoms with Crippen LogP contribution in [-0.4, -0.2) is 0 Å². The molecule has 0 saturated carbocycles. The molecule has 34 heavy (non-hydrogen) atoms. The van der Waals surface area contributed by atoms with Gasteiger partial charge in [0.1, 0.15) is 0 Å². The third-order valence-electron chi connectivity index (χ3n) is 6.94. The number of hydrogen-bond donors (Lipinski definition) is 0. The Morgan fingerprint density at radius 2 is 0.971 bits per heavy atom. The van der Waals surface area contributed by atoms with Gasteiger partial charge in [-0.15, -0.1) is 10.0 Å². The number of fused-ring (bicyclic) bond motifs is 5. The van der Waals surface area contributed by atoms with E-state index in [0.29, 0.717) is 0 Å². The highest BCUT2D eigenvalue weighted by Crippen LogP contribution is 2.80. The van der Waals surface area contributed by atoms with E-state index >= 15 is 0 Å². The number of rotatable bonds is 2. The molecular formula is C32H21BrS. The van der Waals surface area contributed by atoms with Gasteiger partial charge in [0.15, 0.2) is 0 Å². The molecule has 162 valence electrons. The molecule has 0 N–H and O–H groups in total. The van der Waals surface area contributed by atoms with Crippen molar-refractivity contribution in [2.45, 2.75) is 19.6 Å². The molecule has 0 fully saturated rings. The second kappa shape index (κ2) is 7.59. The van der Waals surface area contributed by atoms with Gasteiger partial charge in [-0.05, 0) is 69.6 Å². The molecule has 0 unspecified atom stereocenters. The topological polar surface area (TPSA) is 0 Å². The molecule has 0 saturated heterocycles. The molecule has 0 nitrogen and oxygen atoms in total. The maximum absolute atomic E-state index is 3.91. The van der Waals surface area contributed by atoms with E-state index in [4.69, 9.17) is 0 Å². The zero-order valence-electron chi connectivity index (χ0n) is 18.4. The Kier molecular flexibility index (Phi) is 4.48. The SMILES string of the molecule is Brc1cccc2c1-c1ccccc1S2(c1ccc2ccccc2c1)c1ccc2ccccc2c1. The van der Waals surface area contributed by atoms with Crippen LogP contribution in [0.5, 0.6) is 0 Å². The van der Waals surface area contributed by atoms with Crippen LogP contribution in [-0.2, 0) is 0 Å². The van der Waals surface area contributed by atoms with Gasteiger partial charge in [-0.3, -0.25) is 0 Å². The molecule has 7 rings (SSSR count). The Labute approximate surface area is 209 Å². The average molecular weight is 517 g/mol. The summed E-state index contributed by atoms with van der Waals surface area (Å²) in [5, 5.41) is 5.13. The molecule has 0 spiro atoms. The zero-order chi connectivity index (χ0) is 22.7. The Morgan fingerprint density at radius 3 is 1.62 bits per heavy atom. The second-order valence-corrected chi connectivity index (χ2v) is 12.6. The zero-order valence-corrected chi connectivity index (χ0v) is 20.8. The van der Waals surface area contributed by atoms with E-state index in [2.05, 4.69) is 143 Å². The summed E-state index contributed by atoms with van der Waals surface area (Å²) < 4.78 is 1.16. The lowest BCUT2D eigenvalue weighted by Gasteiger charge is -2.39. The highest BCUT2D eigenvalue weighted by atomic mass is 79.9. The average Bonchev–Trinajstić information content (AvgIpc) is 3.20. The van der Waals surface area contributed by atoms with Gasteiger partial charge in [-0.2, -0.15) is 0 Å². The van der Waals surface area contributed by atoms with Crippen molar-refractivity contribution in [3.05, 3.63) is 132 Å². The molecule has 6 aromatic rings. The van der Waals surface area contributed by atoms with Crippen LogP contribution in [0.1, 0.15) is 0 Å². The highest BCUT2D eigenvalue weighted by molar-refractivity contribution is 9.10. The smallest absolute Gasteiger partial charge is 0.0265 e. The molecule has 6 aromatic carbocycles. The van der Waals surface area contributed by atoms with Crippen molar-refractivity contribution in [2.24, 2.45) is 0 Å². The molecule has 0 aromatic heterocycles. The van der Waals surface area contributed by atoms with E-state index in [1.807, 2.05) is 0 Å². The highest BCUT2D eigenvalue weighted by Gasteiger charge is 2.42. The van der Waals surface area contributed by atoms with Crippen molar-refractivity contribution in [1.82, 2.24) is 0 Å². The van der Waals surface area contributed by atoms with Gasteiger partial charge in [-0.25, -0.2) is 0 Å². The van der Waals surface area contributed by atoms with Crippen molar-refractivity contribution < 1.29 is 0 Å². The van der Waals surface area contributed by atoms with Crippen LogP contribution in [0.2, 0.25) is 0 Å². The molecular weight excluding hydrogens is 496 g/mol. The van der Waals surface area contributed by atoms with Crippen LogP contribution in [0, 0.1) is 0 Å². The van der Waals surface area contributed by atoms with Gasteiger partial charge in [-0.1, -0.05) is 101 Å². The number of benzene rings is 6. The minimum absolute atomic E-state index is 1.16. The van der Waals surface area contributed by atoms with E-state index < -0.39 is 10.0 Å². The van der Waals surface area contributed by atoms with Crippen molar-refractivity contribution in [3.8, 4) is 11.1 Å². The lowest BCUT2D eigenvalue weighted by Crippen LogP contribution is -2.02. The minimum atomic E-state index is -1.67. The third-order valence-corrected chi connectivity index (χ3v) is 11.5. The lowest BCUT2D eigenvalue weighted by molar-refractivity contribution is 1.31. The predicted molar refractivity (Wildman–Crippen MR) is 148 cm³/mol. The Balaban J connectivity index is 1.67. The predicted octanol–water partition coefficient (Wildman–Crippen LogP) is 10.1. The first kappa shape index (κ1) is 20.1. The van der Waals surface area contributed by atoms with E-state index in [1.54, 1.807) is 0 Å². The van der Waals surface area contributed by atoms with Gasteiger partial charge in [0, 0.05) is 29.6 Å². The quantitative estimate of drug-likeness (QED) is 0.214. The fourth-order valence-electron chi connectivity index (χ4n) is 5.44. The van der Waals surface area contributed by atoms with Crippen LogP contribution in [0.15, 0.2) is 151 Å². The first-order valence-electron chi connectivity index (χ1n) is 11.5. The molecule has 0 aliphatic carbocycles. The van der Waals surface area contributed by atoms with Crippen LogP contribution in [0.3, 0.4) is 0 Å². The van der Waals surface area contributed by atoms with E-state index in [1.165, 1.54) is 52.3 Å². The van der Waals surface area contributed by atoms with Gasteiger partial charge in [0.05, 0.1) is 0 Å². The second-order valence-electron chi connectivity index (χ2n) is 8.74. The summed E-state index contributed by atoms with van der Waals surface area (Å²) in [6.45, 7) is 0. The largest absolute Gasteiger partial charge is 0.132 e. The van der Waals surface area contributed by atoms with Crippen LogP contribution >= 0.6 is 26.0 Å². The van der Waals surface area contributed by atoms with E-state index in [-0.39, 0.29) is 0 Å². The Bertz CT molecular complexity index is 1650. The fourth-order valence-corrected chi connectivity index (χ4v) is 10.4. The molecule has 1 heterocycles. The van der Waals surface area contributed by atoms with Crippen molar-refractivity contribution in [2.75, 3.05) is 0 Å². The first-order chi connectivity index (χ1) is 16.8. The summed E-state index contributed by atoms with van der Waals surface area (Å²) in [5.41, 5.74) is 2.66. The van der Waals surface area contributed by atoms with Crippen LogP contribution in [0.4, 0.5) is 0 Å². The monoisotopic (exact) mass is 516 g/mol. The summed E-state index contributed by atoms with van der Waals surface area (Å²) in [6, 6.07) is 47.2. The molecule has 2 heteroatoms. The molecule has 0 bridgehead atoms. The van der Waals surface area contributed by atoms with Crippen molar-refractivity contribution >= 4 is 47.5 Å². The fraction of sp³-hybridized carbons (Fsp3) is 0. The third kappa shape index (κ3) is 2.73. The Hall–Kier alpha value is -3.33. The molecule has 0 amide bonds. The van der Waals surface area contributed by atoms with Crippen LogP contribution in [0.25, 0.3) is 32.7 Å². The summed E-state index contributed by atoms with van der Waals surface area (Å²) in [5.74, 6) is 0. The van der Waals surface area contributed by atoms with E-state index in [0.717, 1.165) is 4.47 Å². The van der Waals surface area contributed by atoms with Crippen LogP contribution < -0.4 is 0 Å². The summed E-state index contributed by atoms with van der Waals surface area (Å²) in [6.07, 6.45) is 0. The molecule has 1 aliphatic heterocycles. The van der Waals surface area contributed by atoms with Crippen molar-refractivity contribution in [3.63, 3.8) is 0 Å². The standard InChI is InChI=1S/C32H21BrS/c33-29-13-7-15-31-32(29)28-12-5-6-14-30(28)34(31,26-18-16-22-8-1-3-10-24(22)20-26)27-19-17-23-9-2-4-11-25(23)21-27/h1-21H. The number of halogens is 1. The molecule has 1 aliphatic rings. The lowest BCUT2D eigenvalue weighted by atomic mass is 10.1. The van der Waals surface area contributed by atoms with Gasteiger partial charge in [0.25, 0.3) is 0 Å². The summed E-state index contributed by atoms with van der Waals surface area (Å²) in [7, 11) is -1.67. The molecule has 0 atom stereocenters. The van der Waals surface area contributed by atoms with Gasteiger partial charge >= 0.3 is 0 Å². The van der Waals surface area contributed by atoms with Gasteiger partial charge < -0.3 is 0 Å².